The van der Waals surface area contributed by atoms with Crippen LogP contribution in [0.3, 0.4) is 0 Å². The summed E-state index contributed by atoms with van der Waals surface area (Å²) in [5, 5.41) is 11.6. The van der Waals surface area contributed by atoms with Gasteiger partial charge in [-0.1, -0.05) is 44.2 Å². The first kappa shape index (κ1) is 17.7. The molecule has 0 bridgehead atoms. The van der Waals surface area contributed by atoms with Crippen LogP contribution in [0.25, 0.3) is 11.3 Å². The molecular weight excluding hydrogens is 308 g/mol. The van der Waals surface area contributed by atoms with Crippen LogP contribution >= 0.6 is 0 Å². The molecule has 0 radical (unpaired) electrons. The van der Waals surface area contributed by atoms with Gasteiger partial charge in [0.2, 0.25) is 5.91 Å². The standard InChI is InChI=1S/C18H22N2O4/c1-12(2)17(18(22)23)20-15(21)9-6-10-16-19-11-14(24-16)13-7-4-3-5-8-13/h3-5,7-8,11-12,17H,6,9-10H2,1-2H3,(H,20,21)(H,22,23). The number of carbonyl (C=O) groups excluding carboxylic acids is 1. The average molecular weight is 330 g/mol. The van der Waals surface area contributed by atoms with Crippen LogP contribution in [0.2, 0.25) is 0 Å². The van der Waals surface area contributed by atoms with Gasteiger partial charge in [0.15, 0.2) is 11.7 Å². The van der Waals surface area contributed by atoms with Gasteiger partial charge in [0.25, 0.3) is 0 Å². The molecular formula is C18H22N2O4. The molecule has 1 amide bonds. The number of aryl methyl sites for hydroxylation is 1. The first-order valence-corrected chi connectivity index (χ1v) is 7.99. The van der Waals surface area contributed by atoms with Gasteiger partial charge in [-0.25, -0.2) is 9.78 Å². The lowest BCUT2D eigenvalue weighted by molar-refractivity contribution is -0.143. The van der Waals surface area contributed by atoms with E-state index < -0.39 is 12.0 Å². The molecule has 2 rings (SSSR count). The predicted molar refractivity (Wildman–Crippen MR) is 89.3 cm³/mol. The average Bonchev–Trinajstić information content (AvgIpc) is 3.02. The minimum Gasteiger partial charge on any atom is -0.480 e. The Labute approximate surface area is 140 Å². The molecule has 0 saturated carbocycles. The van der Waals surface area contributed by atoms with E-state index in [1.54, 1.807) is 20.0 Å². The second-order valence-electron chi connectivity index (χ2n) is 5.97. The minimum atomic E-state index is -1.02. The molecule has 1 heterocycles. The molecule has 6 heteroatoms. The number of aliphatic carboxylic acids is 1. The van der Waals surface area contributed by atoms with Crippen molar-refractivity contribution in [3.8, 4) is 11.3 Å². The third-order valence-corrected chi connectivity index (χ3v) is 3.66. The number of nitrogens with zero attached hydrogens (tertiary/aromatic N) is 1. The monoisotopic (exact) mass is 330 g/mol. The van der Waals surface area contributed by atoms with Crippen molar-refractivity contribution in [2.75, 3.05) is 0 Å². The summed E-state index contributed by atoms with van der Waals surface area (Å²) in [5.41, 5.74) is 0.954. The van der Waals surface area contributed by atoms with Gasteiger partial charge in [-0.15, -0.1) is 0 Å². The van der Waals surface area contributed by atoms with Gasteiger partial charge in [-0.2, -0.15) is 0 Å². The molecule has 24 heavy (non-hydrogen) atoms. The number of oxazole rings is 1. The second kappa shape index (κ2) is 8.29. The van der Waals surface area contributed by atoms with Crippen molar-refractivity contribution in [1.82, 2.24) is 10.3 Å². The van der Waals surface area contributed by atoms with Crippen molar-refractivity contribution in [3.63, 3.8) is 0 Å². The Morgan fingerprint density at radius 3 is 2.58 bits per heavy atom. The van der Waals surface area contributed by atoms with Crippen LogP contribution in [0.15, 0.2) is 40.9 Å². The molecule has 1 aromatic heterocycles. The maximum atomic E-state index is 11.9. The van der Waals surface area contributed by atoms with E-state index >= 15 is 0 Å². The van der Waals surface area contributed by atoms with Gasteiger partial charge in [-0.3, -0.25) is 4.79 Å². The summed E-state index contributed by atoms with van der Waals surface area (Å²) in [6.07, 6.45) is 2.98. The molecule has 1 aromatic carbocycles. The SMILES string of the molecule is CC(C)C(NC(=O)CCCc1ncc(-c2ccccc2)o1)C(=O)O. The highest BCUT2D eigenvalue weighted by Crippen LogP contribution is 2.20. The number of benzene rings is 1. The summed E-state index contributed by atoms with van der Waals surface area (Å²) in [5.74, 6) is -0.183. The van der Waals surface area contributed by atoms with E-state index in [4.69, 9.17) is 9.52 Å². The number of carbonyl (C=O) groups is 2. The lowest BCUT2D eigenvalue weighted by Crippen LogP contribution is -2.44. The number of carboxylic acids is 1. The largest absolute Gasteiger partial charge is 0.480 e. The maximum Gasteiger partial charge on any atom is 0.326 e. The van der Waals surface area contributed by atoms with Crippen LogP contribution in [0, 0.1) is 5.92 Å². The number of hydrogen-bond acceptors (Lipinski definition) is 4. The zero-order valence-corrected chi connectivity index (χ0v) is 13.9. The van der Waals surface area contributed by atoms with Crippen molar-refractivity contribution in [2.24, 2.45) is 5.92 Å². The maximum absolute atomic E-state index is 11.9. The van der Waals surface area contributed by atoms with Crippen LogP contribution in [-0.4, -0.2) is 28.0 Å². The number of carboxylic acid groups (broad SMARTS) is 1. The highest BCUT2D eigenvalue weighted by Gasteiger charge is 2.23. The minimum absolute atomic E-state index is 0.161. The fourth-order valence-corrected chi connectivity index (χ4v) is 2.32. The normalized spacial score (nSPS) is 12.1. The summed E-state index contributed by atoms with van der Waals surface area (Å²) in [6.45, 7) is 3.52. The summed E-state index contributed by atoms with van der Waals surface area (Å²) in [4.78, 5) is 27.1. The van der Waals surface area contributed by atoms with Gasteiger partial charge in [0.1, 0.15) is 6.04 Å². The molecule has 1 atom stereocenters. The fourth-order valence-electron chi connectivity index (χ4n) is 2.32. The van der Waals surface area contributed by atoms with Crippen molar-refractivity contribution in [2.45, 2.75) is 39.2 Å². The van der Waals surface area contributed by atoms with E-state index in [1.165, 1.54) is 0 Å². The molecule has 0 spiro atoms. The van der Waals surface area contributed by atoms with Crippen LogP contribution in [0.1, 0.15) is 32.6 Å². The summed E-state index contributed by atoms with van der Waals surface area (Å²) in [6, 6.07) is 8.81. The Morgan fingerprint density at radius 2 is 1.96 bits per heavy atom. The molecule has 6 nitrogen and oxygen atoms in total. The van der Waals surface area contributed by atoms with Crippen LogP contribution in [-0.2, 0) is 16.0 Å². The zero-order chi connectivity index (χ0) is 17.5. The molecule has 128 valence electrons. The molecule has 0 aliphatic rings. The molecule has 1 unspecified atom stereocenters. The zero-order valence-electron chi connectivity index (χ0n) is 13.9. The fraction of sp³-hybridized carbons (Fsp3) is 0.389. The third kappa shape index (κ3) is 4.94. The number of amides is 1. The number of rotatable bonds is 8. The van der Waals surface area contributed by atoms with Crippen LogP contribution in [0.5, 0.6) is 0 Å². The Hall–Kier alpha value is -2.63. The Balaban J connectivity index is 1.81. The smallest absolute Gasteiger partial charge is 0.326 e. The molecule has 2 N–H and O–H groups in total. The van der Waals surface area contributed by atoms with E-state index in [0.717, 1.165) is 5.56 Å². The van der Waals surface area contributed by atoms with E-state index in [9.17, 15) is 9.59 Å². The molecule has 2 aromatic rings. The van der Waals surface area contributed by atoms with Gasteiger partial charge < -0.3 is 14.8 Å². The van der Waals surface area contributed by atoms with Crippen molar-refractivity contribution < 1.29 is 19.1 Å². The molecule has 0 aliphatic carbocycles. The first-order chi connectivity index (χ1) is 11.5. The second-order valence-corrected chi connectivity index (χ2v) is 5.97. The molecule has 0 aliphatic heterocycles. The highest BCUT2D eigenvalue weighted by molar-refractivity contribution is 5.83. The van der Waals surface area contributed by atoms with Crippen LogP contribution < -0.4 is 5.32 Å². The van der Waals surface area contributed by atoms with Gasteiger partial charge in [0.05, 0.1) is 6.20 Å². The van der Waals surface area contributed by atoms with E-state index in [2.05, 4.69) is 10.3 Å². The van der Waals surface area contributed by atoms with Crippen molar-refractivity contribution in [1.29, 1.82) is 0 Å². The third-order valence-electron chi connectivity index (χ3n) is 3.66. The van der Waals surface area contributed by atoms with Gasteiger partial charge in [-0.05, 0) is 12.3 Å². The quantitative estimate of drug-likeness (QED) is 0.776. The summed E-state index contributed by atoms with van der Waals surface area (Å²) >= 11 is 0. The van der Waals surface area contributed by atoms with E-state index in [-0.39, 0.29) is 18.2 Å². The first-order valence-electron chi connectivity index (χ1n) is 7.99. The Bertz CT molecular complexity index is 679. The number of hydrogen-bond donors (Lipinski definition) is 2. The van der Waals surface area contributed by atoms with Crippen molar-refractivity contribution in [3.05, 3.63) is 42.4 Å². The Morgan fingerprint density at radius 1 is 1.25 bits per heavy atom. The van der Waals surface area contributed by atoms with Crippen LogP contribution in [0.4, 0.5) is 0 Å². The number of nitrogens with one attached hydrogen (secondary N) is 1. The number of aromatic nitrogens is 1. The summed E-state index contributed by atoms with van der Waals surface area (Å²) in [7, 11) is 0. The lowest BCUT2D eigenvalue weighted by Gasteiger charge is -2.17. The predicted octanol–water partition coefficient (Wildman–Crippen LogP) is 2.89. The van der Waals surface area contributed by atoms with E-state index in [1.807, 2.05) is 30.3 Å². The summed E-state index contributed by atoms with van der Waals surface area (Å²) < 4.78 is 5.67. The lowest BCUT2D eigenvalue weighted by atomic mass is 10.0. The Kier molecular flexibility index (Phi) is 6.12. The highest BCUT2D eigenvalue weighted by atomic mass is 16.4. The van der Waals surface area contributed by atoms with Crippen molar-refractivity contribution >= 4 is 11.9 Å². The van der Waals surface area contributed by atoms with Gasteiger partial charge in [0, 0.05) is 18.4 Å². The molecule has 0 saturated heterocycles. The van der Waals surface area contributed by atoms with Gasteiger partial charge >= 0.3 is 5.97 Å². The topological polar surface area (TPSA) is 92.4 Å². The molecule has 0 fully saturated rings. The van der Waals surface area contributed by atoms with E-state index in [0.29, 0.717) is 24.5 Å².